The second kappa shape index (κ2) is 5.13. The molecule has 19 heavy (non-hydrogen) atoms. The molecule has 7 heteroatoms. The van der Waals surface area contributed by atoms with Gasteiger partial charge in [-0.3, -0.25) is 4.79 Å². The van der Waals surface area contributed by atoms with Gasteiger partial charge in [0.15, 0.2) is 0 Å². The highest BCUT2D eigenvalue weighted by Crippen LogP contribution is 2.18. The minimum atomic E-state index is -1.03. The predicted molar refractivity (Wildman–Crippen MR) is 70.1 cm³/mol. The lowest BCUT2D eigenvalue weighted by atomic mass is 10.2. The van der Waals surface area contributed by atoms with Crippen molar-refractivity contribution in [1.82, 2.24) is 9.88 Å². The number of nitrogens with two attached hydrogens (primary N) is 1. The van der Waals surface area contributed by atoms with Crippen LogP contribution in [0.5, 0.6) is 0 Å². The third-order valence-electron chi connectivity index (χ3n) is 3.13. The van der Waals surface area contributed by atoms with Gasteiger partial charge < -0.3 is 20.6 Å². The van der Waals surface area contributed by atoms with Crippen LogP contribution < -0.4 is 10.6 Å². The highest BCUT2D eigenvalue weighted by atomic mass is 16.4. The lowest BCUT2D eigenvalue weighted by molar-refractivity contribution is -0.129. The van der Waals surface area contributed by atoms with Crippen molar-refractivity contribution in [3.8, 4) is 0 Å². The van der Waals surface area contributed by atoms with Gasteiger partial charge >= 0.3 is 5.97 Å². The first-order valence-electron chi connectivity index (χ1n) is 5.98. The van der Waals surface area contributed by atoms with Crippen LogP contribution in [0.3, 0.4) is 0 Å². The van der Waals surface area contributed by atoms with Crippen LogP contribution in [0.15, 0.2) is 12.1 Å². The van der Waals surface area contributed by atoms with Crippen molar-refractivity contribution in [1.29, 1.82) is 0 Å². The number of nitrogens with zero attached hydrogens (tertiary/aromatic N) is 3. The Bertz CT molecular complexity index is 510. The summed E-state index contributed by atoms with van der Waals surface area (Å²) in [4.78, 5) is 30.0. The summed E-state index contributed by atoms with van der Waals surface area (Å²) in [6, 6.07) is 2.83. The maximum Gasteiger partial charge on any atom is 0.335 e. The van der Waals surface area contributed by atoms with Crippen molar-refractivity contribution in [3.63, 3.8) is 0 Å². The van der Waals surface area contributed by atoms with E-state index in [9.17, 15) is 9.59 Å². The van der Waals surface area contributed by atoms with Crippen LogP contribution in [0.25, 0.3) is 0 Å². The first-order valence-corrected chi connectivity index (χ1v) is 5.98. The molecule has 1 aromatic heterocycles. The van der Waals surface area contributed by atoms with Gasteiger partial charge in [0.05, 0.1) is 5.56 Å². The van der Waals surface area contributed by atoms with Crippen LogP contribution in [0, 0.1) is 0 Å². The van der Waals surface area contributed by atoms with Gasteiger partial charge in [-0.1, -0.05) is 0 Å². The predicted octanol–water partition coefficient (Wildman–Crippen LogP) is 0.0305. The topological polar surface area (TPSA) is 99.8 Å². The number of aromatic carboxylic acids is 1. The number of piperazine rings is 1. The van der Waals surface area contributed by atoms with Gasteiger partial charge in [0.1, 0.15) is 11.6 Å². The first-order chi connectivity index (χ1) is 8.97. The minimum absolute atomic E-state index is 0.0476. The van der Waals surface area contributed by atoms with E-state index < -0.39 is 5.97 Å². The second-order valence-electron chi connectivity index (χ2n) is 4.44. The number of carbonyl (C=O) groups is 2. The molecule has 0 unspecified atom stereocenters. The van der Waals surface area contributed by atoms with Gasteiger partial charge in [-0.2, -0.15) is 0 Å². The van der Waals surface area contributed by atoms with Crippen LogP contribution in [0.2, 0.25) is 0 Å². The van der Waals surface area contributed by atoms with Gasteiger partial charge in [-0.25, -0.2) is 9.78 Å². The van der Waals surface area contributed by atoms with Crippen LogP contribution in [-0.2, 0) is 4.79 Å². The number of nitrogen functional groups attached to an aromatic ring is 1. The van der Waals surface area contributed by atoms with E-state index in [1.807, 2.05) is 4.90 Å². The van der Waals surface area contributed by atoms with E-state index in [1.54, 1.807) is 4.90 Å². The minimum Gasteiger partial charge on any atom is -0.478 e. The molecule has 0 aliphatic carbocycles. The number of carboxylic acids is 1. The number of carbonyl (C=O) groups excluding carboxylic acids is 1. The molecular weight excluding hydrogens is 248 g/mol. The average Bonchev–Trinajstić information content (AvgIpc) is 2.38. The fraction of sp³-hybridized carbons (Fsp3) is 0.417. The molecule has 0 radical (unpaired) electrons. The molecule has 1 aliphatic heterocycles. The largest absolute Gasteiger partial charge is 0.478 e. The number of pyridine rings is 1. The van der Waals surface area contributed by atoms with Gasteiger partial charge in [0.25, 0.3) is 0 Å². The molecule has 2 rings (SSSR count). The Morgan fingerprint density at radius 1 is 1.26 bits per heavy atom. The maximum absolute atomic E-state index is 11.2. The zero-order valence-corrected chi connectivity index (χ0v) is 10.7. The van der Waals surface area contributed by atoms with Gasteiger partial charge in [0.2, 0.25) is 5.91 Å². The van der Waals surface area contributed by atoms with Crippen molar-refractivity contribution < 1.29 is 14.7 Å². The summed E-state index contributed by atoms with van der Waals surface area (Å²) in [6.45, 7) is 3.99. The normalized spacial score (nSPS) is 15.4. The molecule has 0 bridgehead atoms. The number of hydrogen-bond acceptors (Lipinski definition) is 5. The van der Waals surface area contributed by atoms with E-state index in [1.165, 1.54) is 19.1 Å². The van der Waals surface area contributed by atoms with Crippen molar-refractivity contribution in [3.05, 3.63) is 17.7 Å². The summed E-state index contributed by atoms with van der Waals surface area (Å²) in [5.41, 5.74) is 5.74. The maximum atomic E-state index is 11.2. The number of hydrogen-bond donors (Lipinski definition) is 2. The fourth-order valence-corrected chi connectivity index (χ4v) is 2.07. The fourth-order valence-electron chi connectivity index (χ4n) is 2.07. The average molecular weight is 264 g/mol. The van der Waals surface area contributed by atoms with E-state index in [4.69, 9.17) is 10.8 Å². The molecule has 7 nitrogen and oxygen atoms in total. The van der Waals surface area contributed by atoms with Gasteiger partial charge in [0, 0.05) is 33.1 Å². The number of rotatable bonds is 2. The SMILES string of the molecule is CC(=O)N1CCN(c2cc(C(=O)O)cc(N)n2)CC1. The van der Waals surface area contributed by atoms with E-state index in [0.717, 1.165) is 0 Å². The summed E-state index contributed by atoms with van der Waals surface area (Å²) in [7, 11) is 0. The summed E-state index contributed by atoms with van der Waals surface area (Å²) < 4.78 is 0. The van der Waals surface area contributed by atoms with E-state index in [2.05, 4.69) is 4.98 Å². The molecule has 102 valence electrons. The zero-order chi connectivity index (χ0) is 14.0. The van der Waals surface area contributed by atoms with Gasteiger partial charge in [-0.15, -0.1) is 0 Å². The quantitative estimate of drug-likeness (QED) is 0.781. The Morgan fingerprint density at radius 2 is 1.89 bits per heavy atom. The Labute approximate surface area is 110 Å². The highest BCUT2D eigenvalue weighted by Gasteiger charge is 2.20. The molecule has 1 aliphatic rings. The number of aromatic nitrogens is 1. The molecule has 3 N–H and O–H groups in total. The molecule has 0 saturated carbocycles. The second-order valence-corrected chi connectivity index (χ2v) is 4.44. The standard InChI is InChI=1S/C12H16N4O3/c1-8(17)15-2-4-16(5-3-15)11-7-9(12(18)19)6-10(13)14-11/h6-7H,2-5H2,1H3,(H2,13,14)(H,18,19). The molecule has 1 amide bonds. The number of amides is 1. The smallest absolute Gasteiger partial charge is 0.335 e. The Hall–Kier alpha value is -2.31. The monoisotopic (exact) mass is 264 g/mol. The zero-order valence-electron chi connectivity index (χ0n) is 10.7. The third kappa shape index (κ3) is 2.93. The Morgan fingerprint density at radius 3 is 2.42 bits per heavy atom. The van der Waals surface area contributed by atoms with Crippen LogP contribution in [0.1, 0.15) is 17.3 Å². The summed E-state index contributed by atoms with van der Waals surface area (Å²) in [5, 5.41) is 8.99. The van der Waals surface area contributed by atoms with Crippen LogP contribution >= 0.6 is 0 Å². The number of carboxylic acid groups (broad SMARTS) is 1. The molecule has 1 saturated heterocycles. The molecule has 0 aromatic carbocycles. The van der Waals surface area contributed by atoms with Crippen molar-refractivity contribution >= 4 is 23.5 Å². The number of anilines is 2. The lowest BCUT2D eigenvalue weighted by Gasteiger charge is -2.35. The third-order valence-corrected chi connectivity index (χ3v) is 3.13. The van der Waals surface area contributed by atoms with Crippen molar-refractivity contribution in [2.45, 2.75) is 6.92 Å². The van der Waals surface area contributed by atoms with Gasteiger partial charge in [-0.05, 0) is 12.1 Å². The van der Waals surface area contributed by atoms with Crippen molar-refractivity contribution in [2.24, 2.45) is 0 Å². The summed E-state index contributed by atoms with van der Waals surface area (Å²) in [5.74, 6) is -0.256. The van der Waals surface area contributed by atoms with Crippen LogP contribution in [0.4, 0.5) is 11.6 Å². The molecule has 0 spiro atoms. The first kappa shape index (κ1) is 13.1. The molecule has 1 aromatic rings. The highest BCUT2D eigenvalue weighted by molar-refractivity contribution is 5.89. The van der Waals surface area contributed by atoms with E-state index in [0.29, 0.717) is 32.0 Å². The summed E-state index contributed by atoms with van der Waals surface area (Å²) in [6.07, 6.45) is 0. The van der Waals surface area contributed by atoms with Crippen molar-refractivity contribution in [2.75, 3.05) is 36.8 Å². The Balaban J connectivity index is 2.15. The molecule has 1 fully saturated rings. The molecular formula is C12H16N4O3. The molecule has 0 atom stereocenters. The van der Waals surface area contributed by atoms with E-state index in [-0.39, 0.29) is 17.3 Å². The Kier molecular flexibility index (Phi) is 3.55. The van der Waals surface area contributed by atoms with E-state index >= 15 is 0 Å². The van der Waals surface area contributed by atoms with Crippen LogP contribution in [-0.4, -0.2) is 53.0 Å². The molecule has 2 heterocycles. The summed E-state index contributed by atoms with van der Waals surface area (Å²) >= 11 is 0. The lowest BCUT2D eigenvalue weighted by Crippen LogP contribution is -2.48.